The number of nitrogens with one attached hydrogen (secondary N) is 1. The Morgan fingerprint density at radius 3 is 3.21 bits per heavy atom. The second-order valence-electron chi connectivity index (χ2n) is 3.66. The number of hydrogen-bond acceptors (Lipinski definition) is 2. The first-order valence-corrected chi connectivity index (χ1v) is 5.43. The summed E-state index contributed by atoms with van der Waals surface area (Å²) in [6.07, 6.45) is 8.66. The number of unbranched alkanes of at least 4 members (excludes halogenated alkanes) is 2. The lowest BCUT2D eigenvalue weighted by molar-refractivity contribution is -0.121. The summed E-state index contributed by atoms with van der Waals surface area (Å²) >= 11 is 0. The third kappa shape index (κ3) is 4.40. The molecule has 1 rings (SSSR count). The maximum absolute atomic E-state index is 11.2. The minimum atomic E-state index is 0.0230. The Hall–Kier alpha value is -0.860. The Morgan fingerprint density at radius 1 is 1.57 bits per heavy atom. The summed E-state index contributed by atoms with van der Waals surface area (Å²) in [5.74, 6) is 0.141. The van der Waals surface area contributed by atoms with Gasteiger partial charge in [0.2, 0.25) is 5.91 Å². The van der Waals surface area contributed by atoms with Crippen LogP contribution >= 0.6 is 0 Å². The first-order valence-electron chi connectivity index (χ1n) is 5.43. The van der Waals surface area contributed by atoms with E-state index in [1.165, 1.54) is 0 Å². The molecule has 0 spiro atoms. The molecule has 1 unspecified atom stereocenters. The van der Waals surface area contributed by atoms with E-state index in [0.29, 0.717) is 6.42 Å². The third-order valence-electron chi connectivity index (χ3n) is 2.33. The fraction of sp³-hybridized carbons (Fsp3) is 0.727. The average Bonchev–Trinajstić information content (AvgIpc) is 2.38. The summed E-state index contributed by atoms with van der Waals surface area (Å²) in [5.41, 5.74) is 0. The molecule has 0 aliphatic carbocycles. The highest BCUT2D eigenvalue weighted by molar-refractivity contribution is 5.76. The standard InChI is InChI=1S/C11H19N2O/c1-2-3-6-9-12-10-7-4-5-8-11(14)13-10/h9-10H,1-8H2,(H,13,14). The quantitative estimate of drug-likeness (QED) is 0.541. The highest BCUT2D eigenvalue weighted by atomic mass is 16.1. The largest absolute Gasteiger partial charge is 0.334 e. The Kier molecular flexibility index (Phi) is 5.27. The smallest absolute Gasteiger partial charge is 0.221 e. The van der Waals surface area contributed by atoms with E-state index in [4.69, 9.17) is 0 Å². The highest BCUT2D eigenvalue weighted by Crippen LogP contribution is 2.09. The van der Waals surface area contributed by atoms with Gasteiger partial charge in [-0.2, -0.15) is 0 Å². The molecule has 0 saturated carbocycles. The molecule has 1 radical (unpaired) electrons. The maximum atomic E-state index is 11.2. The maximum Gasteiger partial charge on any atom is 0.221 e. The van der Waals surface area contributed by atoms with Gasteiger partial charge in [-0.25, -0.2) is 0 Å². The van der Waals surface area contributed by atoms with Gasteiger partial charge in [-0.05, 0) is 32.1 Å². The van der Waals surface area contributed by atoms with Gasteiger partial charge in [0, 0.05) is 12.6 Å². The van der Waals surface area contributed by atoms with Gasteiger partial charge in [0.05, 0.1) is 0 Å². The number of rotatable bonds is 4. The van der Waals surface area contributed by atoms with E-state index in [0.717, 1.165) is 38.5 Å². The van der Waals surface area contributed by atoms with Crippen LogP contribution in [0.2, 0.25) is 0 Å². The fourth-order valence-electron chi connectivity index (χ4n) is 1.50. The zero-order valence-corrected chi connectivity index (χ0v) is 8.67. The Balaban J connectivity index is 2.27. The van der Waals surface area contributed by atoms with E-state index in [1.807, 2.05) is 6.21 Å². The Bertz CT molecular complexity index is 201. The predicted octanol–water partition coefficient (Wildman–Crippen LogP) is 2.08. The van der Waals surface area contributed by atoms with Gasteiger partial charge in [0.15, 0.2) is 0 Å². The van der Waals surface area contributed by atoms with Crippen LogP contribution in [0.5, 0.6) is 0 Å². The van der Waals surface area contributed by atoms with Crippen molar-refractivity contribution in [1.82, 2.24) is 5.32 Å². The van der Waals surface area contributed by atoms with Gasteiger partial charge in [-0.1, -0.05) is 13.3 Å². The summed E-state index contributed by atoms with van der Waals surface area (Å²) < 4.78 is 0. The lowest BCUT2D eigenvalue weighted by atomic mass is 10.2. The van der Waals surface area contributed by atoms with Crippen LogP contribution in [0.4, 0.5) is 0 Å². The zero-order valence-electron chi connectivity index (χ0n) is 8.67. The van der Waals surface area contributed by atoms with Gasteiger partial charge in [0.1, 0.15) is 6.17 Å². The molecular formula is C11H19N2O. The first-order chi connectivity index (χ1) is 6.83. The minimum Gasteiger partial charge on any atom is -0.334 e. The summed E-state index contributed by atoms with van der Waals surface area (Å²) in [5, 5.41) is 2.90. The second kappa shape index (κ2) is 6.57. The van der Waals surface area contributed by atoms with Crippen molar-refractivity contribution in [3.05, 3.63) is 6.92 Å². The van der Waals surface area contributed by atoms with Crippen molar-refractivity contribution in [1.29, 1.82) is 0 Å². The third-order valence-corrected chi connectivity index (χ3v) is 2.33. The van der Waals surface area contributed by atoms with Crippen molar-refractivity contribution < 1.29 is 4.79 Å². The number of carbonyl (C=O) groups is 1. The monoisotopic (exact) mass is 195 g/mol. The van der Waals surface area contributed by atoms with Gasteiger partial charge >= 0.3 is 0 Å². The van der Waals surface area contributed by atoms with E-state index in [-0.39, 0.29) is 12.1 Å². The molecule has 1 fully saturated rings. The van der Waals surface area contributed by atoms with E-state index in [1.54, 1.807) is 0 Å². The summed E-state index contributed by atoms with van der Waals surface area (Å²) in [6, 6.07) is 0. The SMILES string of the molecule is [CH2]CCCC=NC1CCCCC(=O)N1. The molecule has 1 aliphatic heterocycles. The molecule has 1 heterocycles. The second-order valence-corrected chi connectivity index (χ2v) is 3.66. The molecule has 3 heteroatoms. The van der Waals surface area contributed by atoms with Gasteiger partial charge in [-0.15, -0.1) is 0 Å². The Morgan fingerprint density at radius 2 is 2.43 bits per heavy atom. The predicted molar refractivity (Wildman–Crippen MR) is 58.1 cm³/mol. The number of carbonyl (C=O) groups excluding carboxylic acids is 1. The molecule has 1 aliphatic rings. The van der Waals surface area contributed by atoms with Crippen LogP contribution in [0.25, 0.3) is 0 Å². The van der Waals surface area contributed by atoms with Gasteiger partial charge in [-0.3, -0.25) is 9.79 Å². The van der Waals surface area contributed by atoms with Crippen molar-refractivity contribution in [2.24, 2.45) is 4.99 Å². The Labute approximate surface area is 86.0 Å². The van der Waals surface area contributed by atoms with E-state index >= 15 is 0 Å². The van der Waals surface area contributed by atoms with Crippen molar-refractivity contribution >= 4 is 12.1 Å². The van der Waals surface area contributed by atoms with Crippen LogP contribution in [-0.2, 0) is 4.79 Å². The molecule has 1 atom stereocenters. The lowest BCUT2D eigenvalue weighted by Gasteiger charge is -2.09. The van der Waals surface area contributed by atoms with Crippen LogP contribution in [0, 0.1) is 6.92 Å². The summed E-state index contributed by atoms with van der Waals surface area (Å²) in [4.78, 5) is 15.5. The number of nitrogens with zero attached hydrogens (tertiary/aromatic N) is 1. The number of amides is 1. The van der Waals surface area contributed by atoms with Gasteiger partial charge < -0.3 is 5.32 Å². The normalized spacial score (nSPS) is 23.5. The van der Waals surface area contributed by atoms with Crippen molar-refractivity contribution in [3.8, 4) is 0 Å². The molecule has 79 valence electrons. The van der Waals surface area contributed by atoms with Crippen LogP contribution in [0.3, 0.4) is 0 Å². The number of hydrogen-bond donors (Lipinski definition) is 1. The van der Waals surface area contributed by atoms with E-state index < -0.39 is 0 Å². The average molecular weight is 195 g/mol. The molecule has 3 nitrogen and oxygen atoms in total. The van der Waals surface area contributed by atoms with Gasteiger partial charge in [0.25, 0.3) is 0 Å². The van der Waals surface area contributed by atoms with E-state index in [2.05, 4.69) is 17.2 Å². The highest BCUT2D eigenvalue weighted by Gasteiger charge is 2.13. The molecule has 1 saturated heterocycles. The molecule has 1 amide bonds. The molecular weight excluding hydrogens is 176 g/mol. The molecule has 14 heavy (non-hydrogen) atoms. The molecule has 0 bridgehead atoms. The first kappa shape index (κ1) is 11.2. The lowest BCUT2D eigenvalue weighted by Crippen LogP contribution is -2.31. The molecule has 1 N–H and O–H groups in total. The summed E-state index contributed by atoms with van der Waals surface area (Å²) in [7, 11) is 0. The van der Waals surface area contributed by atoms with Crippen LogP contribution < -0.4 is 5.32 Å². The minimum absolute atomic E-state index is 0.0230. The van der Waals surface area contributed by atoms with Crippen molar-refractivity contribution in [2.45, 2.75) is 51.1 Å². The molecule has 0 aromatic carbocycles. The van der Waals surface area contributed by atoms with Crippen molar-refractivity contribution in [2.75, 3.05) is 0 Å². The van der Waals surface area contributed by atoms with Crippen LogP contribution in [0.15, 0.2) is 4.99 Å². The number of aliphatic imine (C=N–C) groups is 1. The summed E-state index contributed by atoms with van der Waals surface area (Å²) in [6.45, 7) is 3.77. The van der Waals surface area contributed by atoms with Crippen molar-refractivity contribution in [3.63, 3.8) is 0 Å². The van der Waals surface area contributed by atoms with Crippen LogP contribution in [-0.4, -0.2) is 18.3 Å². The topological polar surface area (TPSA) is 41.5 Å². The fourth-order valence-corrected chi connectivity index (χ4v) is 1.50. The zero-order chi connectivity index (χ0) is 10.2. The molecule has 0 aromatic heterocycles. The van der Waals surface area contributed by atoms with E-state index in [9.17, 15) is 4.79 Å². The van der Waals surface area contributed by atoms with Crippen LogP contribution in [0.1, 0.15) is 44.9 Å². The molecule has 0 aromatic rings.